The number of benzene rings is 2. The first kappa shape index (κ1) is 14.0. The fraction of sp³-hybridized carbons (Fsp3) is 0.118. The van der Waals surface area contributed by atoms with Crippen LogP contribution in [0.25, 0.3) is 22.3 Å². The molecular formula is C17H14N2O3. The van der Waals surface area contributed by atoms with E-state index in [1.807, 2.05) is 6.07 Å². The molecule has 0 radical (unpaired) electrons. The summed E-state index contributed by atoms with van der Waals surface area (Å²) in [4.78, 5) is 30.5. The van der Waals surface area contributed by atoms with Crippen molar-refractivity contribution in [3.63, 3.8) is 0 Å². The third-order valence-electron chi connectivity index (χ3n) is 3.26. The first-order valence-corrected chi connectivity index (χ1v) is 6.97. The molecule has 0 unspecified atom stereocenters. The van der Waals surface area contributed by atoms with Gasteiger partial charge in [-0.25, -0.2) is 4.98 Å². The van der Waals surface area contributed by atoms with Crippen LogP contribution in [0, 0.1) is 0 Å². The Morgan fingerprint density at radius 3 is 2.59 bits per heavy atom. The van der Waals surface area contributed by atoms with Crippen LogP contribution in [0.4, 0.5) is 0 Å². The van der Waals surface area contributed by atoms with Crippen molar-refractivity contribution in [2.75, 3.05) is 0 Å². The Balaban J connectivity index is 1.97. The zero-order chi connectivity index (χ0) is 15.5. The van der Waals surface area contributed by atoms with Gasteiger partial charge in [-0.3, -0.25) is 9.59 Å². The van der Waals surface area contributed by atoms with Crippen molar-refractivity contribution in [2.45, 2.75) is 13.3 Å². The summed E-state index contributed by atoms with van der Waals surface area (Å²) < 4.78 is 5.12. The second-order valence-corrected chi connectivity index (χ2v) is 4.78. The molecule has 1 heterocycles. The normalized spacial score (nSPS) is 10.6. The molecule has 1 N–H and O–H groups in total. The summed E-state index contributed by atoms with van der Waals surface area (Å²) in [6.45, 7) is 1.74. The smallest absolute Gasteiger partial charge is 0.310 e. The highest BCUT2D eigenvalue weighted by Crippen LogP contribution is 2.20. The number of carbonyl (C=O) groups excluding carboxylic acids is 1. The van der Waals surface area contributed by atoms with Gasteiger partial charge in [0.1, 0.15) is 11.6 Å². The van der Waals surface area contributed by atoms with Gasteiger partial charge in [-0.2, -0.15) is 0 Å². The average Bonchev–Trinajstić information content (AvgIpc) is 2.55. The van der Waals surface area contributed by atoms with Crippen molar-refractivity contribution in [3.05, 3.63) is 58.9 Å². The number of H-pyrrole nitrogens is 1. The molecular weight excluding hydrogens is 280 g/mol. The summed E-state index contributed by atoms with van der Waals surface area (Å²) in [5, 5.41) is 0.555. The van der Waals surface area contributed by atoms with E-state index in [4.69, 9.17) is 4.74 Å². The molecule has 22 heavy (non-hydrogen) atoms. The summed E-state index contributed by atoms with van der Waals surface area (Å²) in [6.07, 6.45) is 0.321. The van der Waals surface area contributed by atoms with Crippen molar-refractivity contribution in [3.8, 4) is 17.1 Å². The molecule has 3 rings (SSSR count). The van der Waals surface area contributed by atoms with Crippen molar-refractivity contribution in [1.29, 1.82) is 0 Å². The lowest BCUT2D eigenvalue weighted by Gasteiger charge is -2.05. The minimum absolute atomic E-state index is 0.179. The van der Waals surface area contributed by atoms with Gasteiger partial charge in [0, 0.05) is 12.0 Å². The maximum atomic E-state index is 12.1. The molecule has 0 spiro atoms. The summed E-state index contributed by atoms with van der Waals surface area (Å²) in [7, 11) is 0. The van der Waals surface area contributed by atoms with Gasteiger partial charge in [0.2, 0.25) is 0 Å². The molecule has 5 nitrogen and oxygen atoms in total. The Morgan fingerprint density at radius 1 is 1.14 bits per heavy atom. The number of hydrogen-bond acceptors (Lipinski definition) is 4. The van der Waals surface area contributed by atoms with Crippen molar-refractivity contribution < 1.29 is 9.53 Å². The molecule has 2 aromatic carbocycles. The number of ether oxygens (including phenoxy) is 1. The molecule has 0 bridgehead atoms. The van der Waals surface area contributed by atoms with Crippen molar-refractivity contribution >= 4 is 16.9 Å². The number of aromatic nitrogens is 2. The fourth-order valence-corrected chi connectivity index (χ4v) is 2.11. The van der Waals surface area contributed by atoms with Crippen LogP contribution >= 0.6 is 0 Å². The molecule has 110 valence electrons. The second-order valence-electron chi connectivity index (χ2n) is 4.78. The number of nitrogens with zero attached hydrogens (tertiary/aromatic N) is 1. The third-order valence-corrected chi connectivity index (χ3v) is 3.26. The summed E-state index contributed by atoms with van der Waals surface area (Å²) >= 11 is 0. The third kappa shape index (κ3) is 2.74. The molecule has 0 fully saturated rings. The van der Waals surface area contributed by atoms with Gasteiger partial charge in [-0.15, -0.1) is 0 Å². The summed E-state index contributed by atoms with van der Waals surface area (Å²) in [5.74, 6) is 0.667. The van der Waals surface area contributed by atoms with E-state index in [1.165, 1.54) is 0 Å². The summed E-state index contributed by atoms with van der Waals surface area (Å²) in [5.41, 5.74) is 1.21. The maximum absolute atomic E-state index is 12.1. The Morgan fingerprint density at radius 2 is 1.86 bits per heavy atom. The van der Waals surface area contributed by atoms with E-state index < -0.39 is 0 Å². The van der Waals surface area contributed by atoms with Gasteiger partial charge in [0.15, 0.2) is 0 Å². The molecule has 0 saturated heterocycles. The molecule has 1 aromatic heterocycles. The van der Waals surface area contributed by atoms with Crippen LogP contribution in [0.5, 0.6) is 5.75 Å². The lowest BCUT2D eigenvalue weighted by molar-refractivity contribution is -0.134. The number of carbonyl (C=O) groups is 1. The minimum Gasteiger partial charge on any atom is -0.427 e. The predicted octanol–water partition coefficient (Wildman–Crippen LogP) is 2.91. The van der Waals surface area contributed by atoms with E-state index in [-0.39, 0.29) is 11.5 Å². The number of fused-ring (bicyclic) bond motifs is 1. The van der Waals surface area contributed by atoms with Gasteiger partial charge in [-0.1, -0.05) is 19.1 Å². The van der Waals surface area contributed by atoms with Crippen molar-refractivity contribution in [2.24, 2.45) is 0 Å². The van der Waals surface area contributed by atoms with Crippen LogP contribution in [0.1, 0.15) is 13.3 Å². The summed E-state index contributed by atoms with van der Waals surface area (Å²) in [6, 6.07) is 14.0. The zero-order valence-corrected chi connectivity index (χ0v) is 12.0. The van der Waals surface area contributed by atoms with E-state index in [9.17, 15) is 9.59 Å². The maximum Gasteiger partial charge on any atom is 0.310 e. The van der Waals surface area contributed by atoms with Gasteiger partial charge in [0.25, 0.3) is 5.56 Å². The number of nitrogens with one attached hydrogen (secondary N) is 1. The monoisotopic (exact) mass is 294 g/mol. The number of esters is 1. The Bertz CT molecular complexity index is 882. The van der Waals surface area contributed by atoms with Crippen LogP contribution in [-0.2, 0) is 4.79 Å². The fourth-order valence-electron chi connectivity index (χ4n) is 2.11. The number of hydrogen-bond donors (Lipinski definition) is 1. The lowest BCUT2D eigenvalue weighted by atomic mass is 10.2. The van der Waals surface area contributed by atoms with Gasteiger partial charge < -0.3 is 9.72 Å². The SMILES string of the molecule is CCC(=O)Oc1ccc(-c2nc3ccccc3c(=O)[nH]2)cc1. The highest BCUT2D eigenvalue weighted by Gasteiger charge is 2.07. The largest absolute Gasteiger partial charge is 0.427 e. The van der Waals surface area contributed by atoms with Crippen LogP contribution in [0.2, 0.25) is 0 Å². The van der Waals surface area contributed by atoms with E-state index >= 15 is 0 Å². The van der Waals surface area contributed by atoms with E-state index in [0.29, 0.717) is 28.9 Å². The first-order valence-electron chi connectivity index (χ1n) is 6.97. The van der Waals surface area contributed by atoms with Crippen LogP contribution in [0.15, 0.2) is 53.3 Å². The van der Waals surface area contributed by atoms with E-state index in [2.05, 4.69) is 9.97 Å². The number of para-hydroxylation sites is 1. The molecule has 0 saturated carbocycles. The van der Waals surface area contributed by atoms with E-state index in [0.717, 1.165) is 5.56 Å². The number of aromatic amines is 1. The quantitative estimate of drug-likeness (QED) is 0.595. The molecule has 0 aliphatic heterocycles. The lowest BCUT2D eigenvalue weighted by Crippen LogP contribution is -2.09. The molecule has 5 heteroatoms. The Kier molecular flexibility index (Phi) is 3.70. The molecule has 0 aliphatic carbocycles. The van der Waals surface area contributed by atoms with Crippen LogP contribution < -0.4 is 10.3 Å². The molecule has 0 amide bonds. The van der Waals surface area contributed by atoms with Gasteiger partial charge >= 0.3 is 5.97 Å². The van der Waals surface area contributed by atoms with Crippen LogP contribution in [0.3, 0.4) is 0 Å². The van der Waals surface area contributed by atoms with Gasteiger partial charge in [0.05, 0.1) is 10.9 Å². The molecule has 0 aliphatic rings. The highest BCUT2D eigenvalue weighted by molar-refractivity contribution is 5.79. The molecule has 0 atom stereocenters. The predicted molar refractivity (Wildman–Crippen MR) is 83.7 cm³/mol. The van der Waals surface area contributed by atoms with Crippen LogP contribution in [-0.4, -0.2) is 15.9 Å². The standard InChI is InChI=1S/C17H14N2O3/c1-2-15(20)22-12-9-7-11(8-10-12)16-18-14-6-4-3-5-13(14)17(21)19-16/h3-10H,2H2,1H3,(H,18,19,21). The zero-order valence-electron chi connectivity index (χ0n) is 12.0. The second kappa shape index (κ2) is 5.81. The highest BCUT2D eigenvalue weighted by atomic mass is 16.5. The Labute approximate surface area is 126 Å². The van der Waals surface area contributed by atoms with E-state index in [1.54, 1.807) is 49.4 Å². The first-order chi connectivity index (χ1) is 10.7. The average molecular weight is 294 g/mol. The Hall–Kier alpha value is -2.95. The minimum atomic E-state index is -0.287. The number of rotatable bonds is 3. The van der Waals surface area contributed by atoms with Crippen molar-refractivity contribution in [1.82, 2.24) is 9.97 Å². The molecule has 3 aromatic rings. The van der Waals surface area contributed by atoms with Gasteiger partial charge in [-0.05, 0) is 36.4 Å². The topological polar surface area (TPSA) is 72.0 Å².